The van der Waals surface area contributed by atoms with Crippen LogP contribution in [0.2, 0.25) is 0 Å². The predicted octanol–water partition coefficient (Wildman–Crippen LogP) is 3.21. The molecule has 0 unspecified atom stereocenters. The zero-order valence-electron chi connectivity index (χ0n) is 23.8. The highest BCUT2D eigenvalue weighted by Gasteiger charge is 2.50. The Balaban J connectivity index is 1.47. The van der Waals surface area contributed by atoms with Gasteiger partial charge in [0.25, 0.3) is 0 Å². The molecule has 9 nitrogen and oxygen atoms in total. The van der Waals surface area contributed by atoms with E-state index in [2.05, 4.69) is 5.32 Å². The molecule has 42 heavy (non-hydrogen) atoms. The Morgan fingerprint density at radius 2 is 1.69 bits per heavy atom. The van der Waals surface area contributed by atoms with E-state index in [1.54, 1.807) is 12.1 Å². The van der Waals surface area contributed by atoms with Gasteiger partial charge in [-0.3, -0.25) is 9.59 Å². The molecule has 1 N–H and O–H groups in total. The molecule has 2 heterocycles. The molecule has 0 saturated carbocycles. The third-order valence-corrected chi connectivity index (χ3v) is 7.69. The summed E-state index contributed by atoms with van der Waals surface area (Å²) in [7, 11) is 5.50. The van der Waals surface area contributed by atoms with E-state index < -0.39 is 29.9 Å². The minimum Gasteiger partial charge on any atom is -0.378 e. The van der Waals surface area contributed by atoms with Crippen molar-refractivity contribution >= 4 is 23.5 Å². The number of halogens is 2. The van der Waals surface area contributed by atoms with Gasteiger partial charge < -0.3 is 20.0 Å². The molecule has 3 aromatic carbocycles. The Labute approximate surface area is 243 Å². The van der Waals surface area contributed by atoms with Gasteiger partial charge in [0.1, 0.15) is 23.8 Å². The van der Waals surface area contributed by atoms with E-state index in [1.165, 1.54) is 20.9 Å². The fourth-order valence-electron chi connectivity index (χ4n) is 5.51. The fourth-order valence-corrected chi connectivity index (χ4v) is 5.51. The number of benzene rings is 3. The molecule has 2 atom stereocenters. The highest BCUT2D eigenvalue weighted by molar-refractivity contribution is 5.91. The largest absolute Gasteiger partial charge is 0.378 e. The summed E-state index contributed by atoms with van der Waals surface area (Å²) < 4.78 is 28.3. The van der Waals surface area contributed by atoms with Crippen molar-refractivity contribution in [2.75, 3.05) is 39.1 Å². The molecule has 5 rings (SSSR count). The number of hydrogen-bond donors (Lipinski definition) is 1. The van der Waals surface area contributed by atoms with Crippen LogP contribution in [0, 0.1) is 11.6 Å². The minimum atomic E-state index is -0.928. The smallest absolute Gasteiger partial charge is 0.334 e. The van der Waals surface area contributed by atoms with Gasteiger partial charge in [-0.05, 0) is 29.3 Å². The summed E-state index contributed by atoms with van der Waals surface area (Å²) in [6.07, 6.45) is -0.625. The number of carbonyl (C=O) groups excluding carboxylic acids is 3. The van der Waals surface area contributed by atoms with Crippen molar-refractivity contribution in [3.63, 3.8) is 0 Å². The topological polar surface area (TPSA) is 79.4 Å². The first-order valence-electron chi connectivity index (χ1n) is 13.7. The number of anilines is 1. The quantitative estimate of drug-likeness (QED) is 0.468. The first-order valence-corrected chi connectivity index (χ1v) is 13.7. The molecular weight excluding hydrogens is 542 g/mol. The zero-order valence-corrected chi connectivity index (χ0v) is 23.8. The predicted molar refractivity (Wildman–Crippen MR) is 154 cm³/mol. The van der Waals surface area contributed by atoms with E-state index in [0.29, 0.717) is 0 Å². The van der Waals surface area contributed by atoms with Gasteiger partial charge in [0.05, 0.1) is 13.1 Å². The SMILES string of the molecule is CN(C)c1ccc(C[C@H]2C(=O)N(Cc3ccc(F)cc3F)C[C@H]3N2C(=O)CN(C)N3C(=O)NCc2ccccc2)cc1. The third kappa shape index (κ3) is 6.06. The lowest BCUT2D eigenvalue weighted by molar-refractivity contribution is -0.187. The molecule has 0 radical (unpaired) electrons. The van der Waals surface area contributed by atoms with E-state index in [0.717, 1.165) is 28.9 Å². The number of amides is 4. The lowest BCUT2D eigenvalue weighted by atomic mass is 9.98. The Hall–Kier alpha value is -4.51. The van der Waals surface area contributed by atoms with Crippen molar-refractivity contribution < 1.29 is 23.2 Å². The van der Waals surface area contributed by atoms with Gasteiger partial charge in [0.15, 0.2) is 0 Å². The molecule has 0 spiro atoms. The molecule has 0 aromatic heterocycles. The lowest BCUT2D eigenvalue weighted by Crippen LogP contribution is -2.76. The van der Waals surface area contributed by atoms with Gasteiger partial charge in [-0.1, -0.05) is 48.5 Å². The fraction of sp³-hybridized carbons (Fsp3) is 0.323. The second-order valence-corrected chi connectivity index (χ2v) is 10.8. The Morgan fingerprint density at radius 3 is 2.36 bits per heavy atom. The number of hydrogen-bond acceptors (Lipinski definition) is 5. The molecule has 2 saturated heterocycles. The van der Waals surface area contributed by atoms with Gasteiger partial charge in [0, 0.05) is 58.0 Å². The summed E-state index contributed by atoms with van der Waals surface area (Å²) in [4.78, 5) is 45.9. The highest BCUT2D eigenvalue weighted by Crippen LogP contribution is 2.29. The Kier molecular flexibility index (Phi) is 8.39. The third-order valence-electron chi connectivity index (χ3n) is 7.69. The van der Waals surface area contributed by atoms with Crippen LogP contribution < -0.4 is 10.2 Å². The highest BCUT2D eigenvalue weighted by atomic mass is 19.1. The summed E-state index contributed by atoms with van der Waals surface area (Å²) in [6, 6.07) is 19.0. The number of nitrogens with zero attached hydrogens (tertiary/aromatic N) is 5. The standard InChI is InChI=1S/C31H34F2N6O3/c1-35(2)25-13-9-21(10-14-25)15-27-30(41)37(18-23-11-12-24(32)16-26(23)33)19-28-38(27)29(40)20-36(3)39(28)31(42)34-17-22-7-5-4-6-8-22/h4-14,16,27-28H,15,17-20H2,1-3H3,(H,34,42)/t27-,28-/m0/s1. The second-order valence-electron chi connectivity index (χ2n) is 10.8. The van der Waals surface area contributed by atoms with E-state index in [9.17, 15) is 23.2 Å². The van der Waals surface area contributed by atoms with Crippen LogP contribution in [0.1, 0.15) is 16.7 Å². The number of hydrazine groups is 1. The molecule has 11 heteroatoms. The van der Waals surface area contributed by atoms with E-state index in [4.69, 9.17) is 0 Å². The maximum Gasteiger partial charge on any atom is 0.334 e. The number of piperazine rings is 1. The number of fused-ring (bicyclic) bond motifs is 1. The van der Waals surface area contributed by atoms with Crippen LogP contribution in [0.4, 0.5) is 19.3 Å². The van der Waals surface area contributed by atoms with E-state index >= 15 is 0 Å². The molecule has 0 bridgehead atoms. The first kappa shape index (κ1) is 29.0. The van der Waals surface area contributed by atoms with Crippen LogP contribution in [0.15, 0.2) is 72.8 Å². The van der Waals surface area contributed by atoms with Crippen LogP contribution in [-0.4, -0.2) is 84.1 Å². The molecule has 2 aliphatic rings. The zero-order chi connectivity index (χ0) is 30.0. The second kappa shape index (κ2) is 12.2. The number of likely N-dealkylation sites (N-methyl/N-ethyl adjacent to an activating group) is 1. The van der Waals surface area contributed by atoms with Crippen molar-refractivity contribution in [1.29, 1.82) is 0 Å². The molecule has 3 aromatic rings. The number of carbonyl (C=O) groups is 3. The van der Waals surface area contributed by atoms with Crippen molar-refractivity contribution in [1.82, 2.24) is 25.1 Å². The Morgan fingerprint density at radius 1 is 0.976 bits per heavy atom. The molecular formula is C31H34F2N6O3. The number of nitrogens with one attached hydrogen (secondary N) is 1. The summed E-state index contributed by atoms with van der Waals surface area (Å²) in [5.74, 6) is -2.14. The maximum atomic E-state index is 14.7. The molecule has 2 aliphatic heterocycles. The van der Waals surface area contributed by atoms with Gasteiger partial charge in [-0.25, -0.2) is 23.6 Å². The molecule has 2 fully saturated rings. The van der Waals surface area contributed by atoms with Crippen molar-refractivity contribution in [2.24, 2.45) is 0 Å². The van der Waals surface area contributed by atoms with Crippen LogP contribution in [0.25, 0.3) is 0 Å². The normalized spacial score (nSPS) is 19.1. The van der Waals surface area contributed by atoms with Gasteiger partial charge in [0.2, 0.25) is 11.8 Å². The van der Waals surface area contributed by atoms with Crippen LogP contribution in [0.5, 0.6) is 0 Å². The summed E-state index contributed by atoms with van der Waals surface area (Å²) in [6.45, 7) is 0.00422. The molecule has 0 aliphatic carbocycles. The first-order chi connectivity index (χ1) is 20.1. The average molecular weight is 577 g/mol. The summed E-state index contributed by atoms with van der Waals surface area (Å²) in [5, 5.41) is 5.91. The Bertz CT molecular complexity index is 1450. The van der Waals surface area contributed by atoms with Crippen molar-refractivity contribution in [2.45, 2.75) is 31.7 Å². The average Bonchev–Trinajstić information content (AvgIpc) is 2.96. The van der Waals surface area contributed by atoms with Crippen molar-refractivity contribution in [3.8, 4) is 0 Å². The molecule has 220 valence electrons. The van der Waals surface area contributed by atoms with Crippen LogP contribution in [-0.2, 0) is 29.1 Å². The van der Waals surface area contributed by atoms with Gasteiger partial charge in [-0.2, -0.15) is 0 Å². The monoisotopic (exact) mass is 576 g/mol. The van der Waals surface area contributed by atoms with Crippen LogP contribution in [0.3, 0.4) is 0 Å². The maximum absolute atomic E-state index is 14.7. The number of urea groups is 1. The van der Waals surface area contributed by atoms with Gasteiger partial charge in [-0.15, -0.1) is 0 Å². The van der Waals surface area contributed by atoms with Crippen molar-refractivity contribution in [3.05, 3.63) is 101 Å². The summed E-state index contributed by atoms with van der Waals surface area (Å²) in [5.41, 5.74) is 2.86. The minimum absolute atomic E-state index is 0.0411. The molecule has 4 amide bonds. The lowest BCUT2D eigenvalue weighted by Gasteiger charge is -2.54. The summed E-state index contributed by atoms with van der Waals surface area (Å²) >= 11 is 0. The van der Waals surface area contributed by atoms with E-state index in [-0.39, 0.29) is 50.0 Å². The number of rotatable bonds is 7. The van der Waals surface area contributed by atoms with Gasteiger partial charge >= 0.3 is 6.03 Å². The van der Waals surface area contributed by atoms with E-state index in [1.807, 2.05) is 73.6 Å². The van der Waals surface area contributed by atoms with Crippen LogP contribution >= 0.6 is 0 Å².